The highest BCUT2D eigenvalue weighted by molar-refractivity contribution is 14.1. The summed E-state index contributed by atoms with van der Waals surface area (Å²) in [7, 11) is 0. The average molecular weight is 350 g/mol. The van der Waals surface area contributed by atoms with Crippen molar-refractivity contribution < 1.29 is 14.6 Å². The molecule has 4 fully saturated rings. The van der Waals surface area contributed by atoms with E-state index in [0.29, 0.717) is 11.3 Å². The lowest BCUT2D eigenvalue weighted by Gasteiger charge is -2.51. The normalized spacial score (nSPS) is 48.1. The van der Waals surface area contributed by atoms with Gasteiger partial charge in [-0.2, -0.15) is 0 Å². The van der Waals surface area contributed by atoms with Crippen LogP contribution >= 0.6 is 22.6 Å². The minimum atomic E-state index is -0.595. The first kappa shape index (κ1) is 12.2. The van der Waals surface area contributed by atoms with Gasteiger partial charge in [0, 0.05) is 0 Å². The highest BCUT2D eigenvalue weighted by atomic mass is 127. The summed E-state index contributed by atoms with van der Waals surface area (Å²) in [6.07, 6.45) is 8.09. The van der Waals surface area contributed by atoms with Crippen LogP contribution in [0.2, 0.25) is 0 Å². The number of alkyl halides is 1. The molecule has 0 aromatic heterocycles. The summed E-state index contributed by atoms with van der Waals surface area (Å²) in [6, 6.07) is 0. The topological polar surface area (TPSA) is 46.5 Å². The predicted octanol–water partition coefficient (Wildman–Crippen LogP) is 3.21. The molecule has 2 unspecified atom stereocenters. The van der Waals surface area contributed by atoms with Gasteiger partial charge in [0.1, 0.15) is 3.61 Å². The van der Waals surface area contributed by atoms with Crippen LogP contribution in [0.5, 0.6) is 0 Å². The highest BCUT2D eigenvalue weighted by Crippen LogP contribution is 2.55. The minimum absolute atomic E-state index is 0.0387. The number of rotatable bonds is 4. The number of ether oxygens (including phenoxy) is 1. The van der Waals surface area contributed by atoms with Gasteiger partial charge in [-0.15, -0.1) is 0 Å². The quantitative estimate of drug-likeness (QED) is 0.626. The SMILES string of the molecule is O=C(O)C1CC1CCC12CCC(I)(CC1)OC2. The first-order chi connectivity index (χ1) is 8.02. The summed E-state index contributed by atoms with van der Waals surface area (Å²) in [5, 5.41) is 8.90. The van der Waals surface area contributed by atoms with Gasteiger partial charge < -0.3 is 9.84 Å². The van der Waals surface area contributed by atoms with Gasteiger partial charge in [0.2, 0.25) is 0 Å². The Hall–Kier alpha value is 0.160. The Morgan fingerprint density at radius 2 is 2.06 bits per heavy atom. The Balaban J connectivity index is 1.51. The number of carbonyl (C=O) groups is 1. The molecule has 0 aromatic carbocycles. The number of fused-ring (bicyclic) bond motifs is 3. The van der Waals surface area contributed by atoms with Crippen molar-refractivity contribution in [2.45, 2.75) is 48.6 Å². The molecule has 2 aliphatic carbocycles. The molecule has 4 heteroatoms. The summed E-state index contributed by atoms with van der Waals surface area (Å²) >= 11 is 2.46. The second kappa shape index (κ2) is 4.08. The fraction of sp³-hybridized carbons (Fsp3) is 0.923. The van der Waals surface area contributed by atoms with Crippen molar-refractivity contribution in [2.24, 2.45) is 17.3 Å². The van der Waals surface area contributed by atoms with Crippen LogP contribution in [0.1, 0.15) is 44.9 Å². The fourth-order valence-electron chi connectivity index (χ4n) is 3.41. The first-order valence-corrected chi connectivity index (χ1v) is 7.66. The van der Waals surface area contributed by atoms with E-state index in [2.05, 4.69) is 22.6 Å². The van der Waals surface area contributed by atoms with E-state index >= 15 is 0 Å². The van der Waals surface area contributed by atoms with E-state index in [9.17, 15) is 4.79 Å². The van der Waals surface area contributed by atoms with Crippen molar-refractivity contribution in [1.82, 2.24) is 0 Å². The van der Waals surface area contributed by atoms with E-state index in [-0.39, 0.29) is 9.53 Å². The number of hydrogen-bond donors (Lipinski definition) is 1. The molecule has 2 atom stereocenters. The van der Waals surface area contributed by atoms with Crippen LogP contribution in [0.15, 0.2) is 0 Å². The lowest BCUT2D eigenvalue weighted by Crippen LogP contribution is -2.47. The van der Waals surface area contributed by atoms with Gasteiger partial charge in [-0.05, 0) is 78.9 Å². The zero-order valence-corrected chi connectivity index (χ0v) is 12.1. The number of carboxylic acid groups (broad SMARTS) is 1. The van der Waals surface area contributed by atoms with E-state index in [1.807, 2.05) is 0 Å². The molecule has 0 radical (unpaired) electrons. The minimum Gasteiger partial charge on any atom is -0.481 e. The molecule has 1 N–H and O–H groups in total. The standard InChI is InChI=1S/C13H19IO3/c14-13-5-3-12(4-6-13,8-17-13)2-1-9-7-10(9)11(15)16/h9-10H,1-8H2,(H,15,16). The van der Waals surface area contributed by atoms with Gasteiger partial charge in [-0.3, -0.25) is 4.79 Å². The molecule has 4 aliphatic rings. The second-order valence-corrected chi connectivity index (χ2v) is 8.12. The molecule has 0 aromatic rings. The van der Waals surface area contributed by atoms with Gasteiger partial charge in [0.25, 0.3) is 0 Å². The Labute approximate surface area is 115 Å². The van der Waals surface area contributed by atoms with Crippen molar-refractivity contribution in [3.63, 3.8) is 0 Å². The summed E-state index contributed by atoms with van der Waals surface area (Å²) < 4.78 is 6.09. The van der Waals surface area contributed by atoms with Crippen molar-refractivity contribution in [1.29, 1.82) is 0 Å². The maximum Gasteiger partial charge on any atom is 0.306 e. The number of carboxylic acids is 1. The van der Waals surface area contributed by atoms with Gasteiger partial charge in [-0.1, -0.05) is 0 Å². The Morgan fingerprint density at radius 1 is 1.35 bits per heavy atom. The van der Waals surface area contributed by atoms with Crippen LogP contribution in [-0.2, 0) is 9.53 Å². The van der Waals surface area contributed by atoms with Crippen molar-refractivity contribution in [3.8, 4) is 0 Å². The van der Waals surface area contributed by atoms with Crippen LogP contribution < -0.4 is 0 Å². The highest BCUT2D eigenvalue weighted by Gasteiger charge is 2.50. The van der Waals surface area contributed by atoms with Crippen molar-refractivity contribution in [2.75, 3.05) is 6.61 Å². The molecule has 2 saturated carbocycles. The molecule has 96 valence electrons. The third-order valence-corrected chi connectivity index (χ3v) is 6.37. The summed E-state index contributed by atoms with van der Waals surface area (Å²) in [4.78, 5) is 10.8. The molecular formula is C13H19IO3. The number of hydrogen-bond acceptors (Lipinski definition) is 2. The molecule has 17 heavy (non-hydrogen) atoms. The van der Waals surface area contributed by atoms with E-state index < -0.39 is 5.97 Å². The van der Waals surface area contributed by atoms with Crippen LogP contribution in [0.4, 0.5) is 0 Å². The van der Waals surface area contributed by atoms with E-state index in [0.717, 1.165) is 19.4 Å². The smallest absolute Gasteiger partial charge is 0.306 e. The summed E-state index contributed by atoms with van der Waals surface area (Å²) in [5.74, 6) is -0.180. The van der Waals surface area contributed by atoms with Crippen LogP contribution in [0, 0.1) is 17.3 Å². The lowest BCUT2D eigenvalue weighted by atomic mass is 9.68. The zero-order chi connectivity index (χ0) is 12.1. The molecule has 2 heterocycles. The molecule has 2 saturated heterocycles. The van der Waals surface area contributed by atoms with Crippen LogP contribution in [0.3, 0.4) is 0 Å². The third kappa shape index (κ3) is 2.35. The fourth-order valence-corrected chi connectivity index (χ4v) is 4.10. The molecule has 3 nitrogen and oxygen atoms in total. The maximum atomic E-state index is 10.8. The van der Waals surface area contributed by atoms with Gasteiger partial charge >= 0.3 is 5.97 Å². The average Bonchev–Trinajstić information content (AvgIpc) is 3.08. The van der Waals surface area contributed by atoms with E-state index in [4.69, 9.17) is 9.84 Å². The second-order valence-electron chi connectivity index (χ2n) is 6.15. The number of halogens is 1. The van der Waals surface area contributed by atoms with E-state index in [1.54, 1.807) is 0 Å². The van der Waals surface area contributed by atoms with Gasteiger partial charge in [0.15, 0.2) is 0 Å². The zero-order valence-electron chi connectivity index (χ0n) is 9.95. The summed E-state index contributed by atoms with van der Waals surface area (Å²) in [6.45, 7) is 0.903. The van der Waals surface area contributed by atoms with E-state index in [1.165, 1.54) is 32.1 Å². The maximum absolute atomic E-state index is 10.8. The van der Waals surface area contributed by atoms with Gasteiger partial charge in [-0.25, -0.2) is 0 Å². The molecule has 0 spiro atoms. The molecular weight excluding hydrogens is 331 g/mol. The molecule has 2 bridgehead atoms. The van der Waals surface area contributed by atoms with Crippen molar-refractivity contribution in [3.05, 3.63) is 0 Å². The first-order valence-electron chi connectivity index (χ1n) is 6.58. The lowest BCUT2D eigenvalue weighted by molar-refractivity contribution is -0.139. The molecule has 2 aliphatic heterocycles. The third-order valence-electron chi connectivity index (χ3n) is 4.98. The largest absolute Gasteiger partial charge is 0.481 e. The Bertz CT molecular complexity index is 317. The van der Waals surface area contributed by atoms with Crippen LogP contribution in [0.25, 0.3) is 0 Å². The molecule has 0 amide bonds. The monoisotopic (exact) mass is 350 g/mol. The predicted molar refractivity (Wildman–Crippen MR) is 72.1 cm³/mol. The Kier molecular flexibility index (Phi) is 2.93. The van der Waals surface area contributed by atoms with Crippen LogP contribution in [-0.4, -0.2) is 21.3 Å². The Morgan fingerprint density at radius 3 is 2.53 bits per heavy atom. The van der Waals surface area contributed by atoms with Gasteiger partial charge in [0.05, 0.1) is 12.5 Å². The number of aliphatic carboxylic acids is 1. The van der Waals surface area contributed by atoms with Crippen molar-refractivity contribution >= 4 is 28.6 Å². The summed E-state index contributed by atoms with van der Waals surface area (Å²) in [5.41, 5.74) is 0.387. The molecule has 4 rings (SSSR count).